The molecule has 2 rings (SSSR count). The van der Waals surface area contributed by atoms with Gasteiger partial charge in [0.1, 0.15) is 5.75 Å². The van der Waals surface area contributed by atoms with Crippen molar-refractivity contribution in [1.82, 2.24) is 5.43 Å². The second kappa shape index (κ2) is 5.74. The first-order chi connectivity index (χ1) is 9.08. The topological polar surface area (TPSA) is 47.3 Å². The van der Waals surface area contributed by atoms with Gasteiger partial charge >= 0.3 is 0 Å². The zero-order valence-corrected chi connectivity index (χ0v) is 12.6. The van der Waals surface area contributed by atoms with E-state index in [0.29, 0.717) is 0 Å². The molecule has 0 aliphatic carbocycles. The molecule has 1 heterocycles. The fourth-order valence-electron chi connectivity index (χ4n) is 2.45. The number of ether oxygens (including phenoxy) is 1. The SMILES string of the molecule is COc1cc(C)cc(C)c1C(NN)c1sccc1C. The Morgan fingerprint density at radius 2 is 1.95 bits per heavy atom. The Morgan fingerprint density at radius 3 is 2.47 bits per heavy atom. The van der Waals surface area contributed by atoms with Crippen LogP contribution in [0, 0.1) is 20.8 Å². The van der Waals surface area contributed by atoms with Crippen molar-refractivity contribution < 1.29 is 4.74 Å². The molecule has 19 heavy (non-hydrogen) atoms. The maximum atomic E-state index is 5.80. The van der Waals surface area contributed by atoms with Crippen molar-refractivity contribution in [2.24, 2.45) is 5.84 Å². The van der Waals surface area contributed by atoms with Crippen LogP contribution in [0.2, 0.25) is 0 Å². The number of nitrogens with one attached hydrogen (secondary N) is 1. The predicted octanol–water partition coefficient (Wildman–Crippen LogP) is 3.23. The van der Waals surface area contributed by atoms with Crippen LogP contribution < -0.4 is 16.0 Å². The summed E-state index contributed by atoms with van der Waals surface area (Å²) in [6.07, 6.45) is 0. The van der Waals surface area contributed by atoms with Crippen LogP contribution >= 0.6 is 11.3 Å². The lowest BCUT2D eigenvalue weighted by Gasteiger charge is -2.22. The van der Waals surface area contributed by atoms with E-state index >= 15 is 0 Å². The van der Waals surface area contributed by atoms with E-state index in [1.54, 1.807) is 18.4 Å². The third-order valence-electron chi connectivity index (χ3n) is 3.33. The van der Waals surface area contributed by atoms with E-state index in [2.05, 4.69) is 49.8 Å². The Morgan fingerprint density at radius 1 is 1.21 bits per heavy atom. The van der Waals surface area contributed by atoms with Crippen LogP contribution in [-0.4, -0.2) is 7.11 Å². The van der Waals surface area contributed by atoms with Crippen LogP contribution in [-0.2, 0) is 0 Å². The Balaban J connectivity index is 2.59. The zero-order chi connectivity index (χ0) is 14.0. The third kappa shape index (κ3) is 2.66. The van der Waals surface area contributed by atoms with Gasteiger partial charge in [0.15, 0.2) is 0 Å². The molecular weight excluding hydrogens is 256 g/mol. The van der Waals surface area contributed by atoms with Gasteiger partial charge in [0.05, 0.1) is 13.2 Å². The van der Waals surface area contributed by atoms with Crippen molar-refractivity contribution in [3.05, 3.63) is 50.7 Å². The smallest absolute Gasteiger partial charge is 0.124 e. The van der Waals surface area contributed by atoms with Crippen LogP contribution in [0.15, 0.2) is 23.6 Å². The molecule has 0 aliphatic heterocycles. The average Bonchev–Trinajstić information content (AvgIpc) is 2.78. The molecule has 2 aromatic rings. The van der Waals surface area contributed by atoms with Crippen LogP contribution in [0.4, 0.5) is 0 Å². The van der Waals surface area contributed by atoms with Gasteiger partial charge in [0.25, 0.3) is 0 Å². The maximum Gasteiger partial charge on any atom is 0.124 e. The number of nitrogens with two attached hydrogens (primary N) is 1. The quantitative estimate of drug-likeness (QED) is 0.666. The van der Waals surface area contributed by atoms with E-state index in [1.807, 2.05) is 0 Å². The minimum Gasteiger partial charge on any atom is -0.496 e. The summed E-state index contributed by atoms with van der Waals surface area (Å²) in [5.41, 5.74) is 7.66. The number of hydrogen-bond donors (Lipinski definition) is 2. The number of rotatable bonds is 4. The molecule has 0 bridgehead atoms. The van der Waals surface area contributed by atoms with Crippen molar-refractivity contribution in [2.45, 2.75) is 26.8 Å². The summed E-state index contributed by atoms with van der Waals surface area (Å²) in [7, 11) is 1.70. The minimum atomic E-state index is -0.0319. The van der Waals surface area contributed by atoms with Crippen LogP contribution in [0.25, 0.3) is 0 Å². The van der Waals surface area contributed by atoms with E-state index in [1.165, 1.54) is 21.6 Å². The van der Waals surface area contributed by atoms with Gasteiger partial charge in [-0.1, -0.05) is 6.07 Å². The van der Waals surface area contributed by atoms with Crippen LogP contribution in [0.5, 0.6) is 5.75 Å². The molecule has 0 fully saturated rings. The minimum absolute atomic E-state index is 0.0319. The highest BCUT2D eigenvalue weighted by atomic mass is 32.1. The average molecular weight is 276 g/mol. The standard InChI is InChI=1S/C15H20N2OS/c1-9-7-11(3)13(12(8-9)18-4)14(17-16)15-10(2)5-6-19-15/h5-8,14,17H,16H2,1-4H3. The molecule has 3 N–H and O–H groups in total. The summed E-state index contributed by atoms with van der Waals surface area (Å²) in [4.78, 5) is 1.23. The van der Waals surface area contributed by atoms with Crippen molar-refractivity contribution in [3.63, 3.8) is 0 Å². The van der Waals surface area contributed by atoms with Gasteiger partial charge < -0.3 is 4.74 Å². The van der Waals surface area contributed by atoms with Gasteiger partial charge in [-0.3, -0.25) is 5.84 Å². The predicted molar refractivity (Wildman–Crippen MR) is 80.7 cm³/mol. The first-order valence-corrected chi connectivity index (χ1v) is 7.11. The monoisotopic (exact) mass is 276 g/mol. The zero-order valence-electron chi connectivity index (χ0n) is 11.8. The van der Waals surface area contributed by atoms with Crippen LogP contribution in [0.1, 0.15) is 33.2 Å². The second-order valence-corrected chi connectivity index (χ2v) is 5.71. The number of thiophene rings is 1. The highest BCUT2D eigenvalue weighted by Crippen LogP contribution is 2.36. The molecule has 3 nitrogen and oxygen atoms in total. The molecule has 0 amide bonds. The Labute approximate surface area is 118 Å². The summed E-state index contributed by atoms with van der Waals surface area (Å²) in [5.74, 6) is 6.68. The van der Waals surface area contributed by atoms with Crippen molar-refractivity contribution in [3.8, 4) is 5.75 Å². The number of hydrogen-bond acceptors (Lipinski definition) is 4. The van der Waals surface area contributed by atoms with Crippen molar-refractivity contribution in [2.75, 3.05) is 7.11 Å². The Hall–Kier alpha value is -1.36. The van der Waals surface area contributed by atoms with E-state index in [0.717, 1.165) is 11.3 Å². The van der Waals surface area contributed by atoms with Crippen molar-refractivity contribution in [1.29, 1.82) is 0 Å². The molecule has 0 aliphatic rings. The normalized spacial score (nSPS) is 12.5. The molecule has 1 aromatic carbocycles. The Kier molecular flexibility index (Phi) is 4.24. The van der Waals surface area contributed by atoms with Gasteiger partial charge in [-0.05, 0) is 55.0 Å². The number of aryl methyl sites for hydroxylation is 3. The van der Waals surface area contributed by atoms with Gasteiger partial charge in [-0.25, -0.2) is 5.43 Å². The highest BCUT2D eigenvalue weighted by molar-refractivity contribution is 7.10. The lowest BCUT2D eigenvalue weighted by Crippen LogP contribution is -2.29. The lowest BCUT2D eigenvalue weighted by atomic mass is 9.96. The second-order valence-electron chi connectivity index (χ2n) is 4.77. The molecule has 0 spiro atoms. The molecule has 4 heteroatoms. The molecule has 1 unspecified atom stereocenters. The first-order valence-electron chi connectivity index (χ1n) is 6.23. The van der Waals surface area contributed by atoms with E-state index in [4.69, 9.17) is 10.6 Å². The van der Waals surface area contributed by atoms with E-state index in [9.17, 15) is 0 Å². The van der Waals surface area contributed by atoms with E-state index < -0.39 is 0 Å². The lowest BCUT2D eigenvalue weighted by molar-refractivity contribution is 0.403. The van der Waals surface area contributed by atoms with Crippen molar-refractivity contribution >= 4 is 11.3 Å². The van der Waals surface area contributed by atoms with Gasteiger partial charge in [0, 0.05) is 10.4 Å². The van der Waals surface area contributed by atoms with Gasteiger partial charge in [0.2, 0.25) is 0 Å². The third-order valence-corrected chi connectivity index (χ3v) is 4.42. The summed E-state index contributed by atoms with van der Waals surface area (Å²) < 4.78 is 5.54. The fraction of sp³-hybridized carbons (Fsp3) is 0.333. The van der Waals surface area contributed by atoms with Crippen LogP contribution in [0.3, 0.4) is 0 Å². The number of hydrazine groups is 1. The molecule has 0 radical (unpaired) electrons. The number of methoxy groups -OCH3 is 1. The molecule has 0 saturated heterocycles. The molecule has 1 atom stereocenters. The molecule has 102 valence electrons. The first kappa shape index (κ1) is 14.1. The van der Waals surface area contributed by atoms with E-state index in [-0.39, 0.29) is 6.04 Å². The summed E-state index contributed by atoms with van der Waals surface area (Å²) in [6, 6.07) is 6.29. The molecule has 0 saturated carbocycles. The largest absolute Gasteiger partial charge is 0.496 e. The summed E-state index contributed by atoms with van der Waals surface area (Å²) >= 11 is 1.71. The molecule has 1 aromatic heterocycles. The summed E-state index contributed by atoms with van der Waals surface area (Å²) in [5, 5.41) is 2.09. The summed E-state index contributed by atoms with van der Waals surface area (Å²) in [6.45, 7) is 6.27. The Bertz CT molecular complexity index is 578. The molecular formula is C15H20N2OS. The van der Waals surface area contributed by atoms with Gasteiger partial charge in [-0.15, -0.1) is 11.3 Å². The fourth-order valence-corrected chi connectivity index (χ4v) is 3.44. The van der Waals surface area contributed by atoms with Gasteiger partial charge in [-0.2, -0.15) is 0 Å². The highest BCUT2D eigenvalue weighted by Gasteiger charge is 2.22. The maximum absolute atomic E-state index is 5.80. The number of benzene rings is 1.